The fourth-order valence-electron chi connectivity index (χ4n) is 3.60. The summed E-state index contributed by atoms with van der Waals surface area (Å²) in [6.45, 7) is 3.97. The third-order valence-electron chi connectivity index (χ3n) is 5.07. The third-order valence-corrected chi connectivity index (χ3v) is 5.28. The minimum absolute atomic E-state index is 0.0141. The minimum Gasteiger partial charge on any atom is -0.367 e. The maximum atomic E-state index is 14.4. The molecule has 0 aliphatic carbocycles. The highest BCUT2D eigenvalue weighted by atomic mass is 35.5. The van der Waals surface area contributed by atoms with Crippen molar-refractivity contribution in [2.24, 2.45) is 0 Å². The van der Waals surface area contributed by atoms with E-state index in [1.807, 2.05) is 19.9 Å². The number of nitrogens with zero attached hydrogens (tertiary/aromatic N) is 2. The number of rotatable bonds is 3. The first-order chi connectivity index (χ1) is 13.3. The highest BCUT2D eigenvalue weighted by molar-refractivity contribution is 6.31. The summed E-state index contributed by atoms with van der Waals surface area (Å²) in [7, 11) is 0. The number of carbonyl (C=O) groups is 1. The van der Waals surface area contributed by atoms with Crippen molar-refractivity contribution >= 4 is 28.9 Å². The molecule has 0 spiro atoms. The molecule has 148 valence electrons. The molecule has 3 aliphatic heterocycles. The van der Waals surface area contributed by atoms with Crippen LogP contribution in [0.1, 0.15) is 38.9 Å². The molecule has 0 aromatic carbocycles. The third kappa shape index (κ3) is 3.69. The van der Waals surface area contributed by atoms with E-state index in [4.69, 9.17) is 11.6 Å². The fourth-order valence-corrected chi connectivity index (χ4v) is 3.78. The van der Waals surface area contributed by atoms with Crippen molar-refractivity contribution in [3.63, 3.8) is 0 Å². The first kappa shape index (κ1) is 18.7. The van der Waals surface area contributed by atoms with Crippen LogP contribution in [0.4, 0.5) is 10.2 Å². The Morgan fingerprint density at radius 3 is 2.93 bits per heavy atom. The average Bonchev–Trinajstić information content (AvgIpc) is 2.99. The van der Waals surface area contributed by atoms with Crippen molar-refractivity contribution in [3.05, 3.63) is 46.9 Å². The molecule has 3 aliphatic rings. The van der Waals surface area contributed by atoms with Crippen LogP contribution in [0, 0.1) is 5.82 Å². The smallest absolute Gasteiger partial charge is 0.242 e. The molecule has 2 unspecified atom stereocenters. The summed E-state index contributed by atoms with van der Waals surface area (Å²) in [4.78, 5) is 21.0. The number of anilines is 1. The number of fused-ring (bicyclic) bond motifs is 1. The molecule has 1 aromatic rings. The van der Waals surface area contributed by atoms with Gasteiger partial charge in [-0.25, -0.2) is 14.4 Å². The second kappa shape index (κ2) is 7.09. The Bertz CT molecular complexity index is 910. The standard InChI is InChI=1S/C19H22ClFN6O/c1-19(2)5-3-4-14(18(28)27-19)25-17-13(21)9-24-16(26-17)12-8-23-15-11(12)6-10(20)7-22-15/h6-9,14-15,22-23H,3-5H2,1-2H3,(H,27,28)(H,24,25,26). The van der Waals surface area contributed by atoms with Crippen LogP contribution in [-0.2, 0) is 4.79 Å². The Hall–Kier alpha value is -2.61. The van der Waals surface area contributed by atoms with Crippen LogP contribution in [0.2, 0.25) is 0 Å². The molecular weight excluding hydrogens is 383 g/mol. The predicted octanol–water partition coefficient (Wildman–Crippen LogP) is 2.35. The lowest BCUT2D eigenvalue weighted by Crippen LogP contribution is -2.47. The molecular formula is C19H22ClFN6O. The average molecular weight is 405 g/mol. The number of allylic oxidation sites excluding steroid dienone is 2. The van der Waals surface area contributed by atoms with Crippen LogP contribution >= 0.6 is 11.6 Å². The summed E-state index contributed by atoms with van der Waals surface area (Å²) in [5.41, 5.74) is 1.32. The molecule has 0 radical (unpaired) electrons. The maximum Gasteiger partial charge on any atom is 0.242 e. The van der Waals surface area contributed by atoms with E-state index in [0.717, 1.165) is 30.2 Å². The van der Waals surface area contributed by atoms with Gasteiger partial charge in [0.15, 0.2) is 17.5 Å². The number of hydrogen-bond donors (Lipinski definition) is 4. The van der Waals surface area contributed by atoms with Crippen molar-refractivity contribution < 1.29 is 9.18 Å². The van der Waals surface area contributed by atoms with Crippen LogP contribution < -0.4 is 21.3 Å². The molecule has 1 aromatic heterocycles. The first-order valence-corrected chi connectivity index (χ1v) is 9.61. The highest BCUT2D eigenvalue weighted by Crippen LogP contribution is 2.31. The number of amides is 1. The van der Waals surface area contributed by atoms with Gasteiger partial charge < -0.3 is 21.3 Å². The van der Waals surface area contributed by atoms with Crippen molar-refractivity contribution in [2.75, 3.05) is 5.32 Å². The maximum absolute atomic E-state index is 14.4. The molecule has 9 heteroatoms. The van der Waals surface area contributed by atoms with E-state index in [2.05, 4.69) is 31.2 Å². The monoisotopic (exact) mass is 404 g/mol. The van der Waals surface area contributed by atoms with Gasteiger partial charge in [0.2, 0.25) is 5.91 Å². The lowest BCUT2D eigenvalue weighted by atomic mass is 9.99. The van der Waals surface area contributed by atoms with Crippen LogP contribution in [0.3, 0.4) is 0 Å². The highest BCUT2D eigenvalue weighted by Gasteiger charge is 2.31. The first-order valence-electron chi connectivity index (χ1n) is 9.24. The minimum atomic E-state index is -0.600. The zero-order valence-electron chi connectivity index (χ0n) is 15.6. The lowest BCUT2D eigenvalue weighted by Gasteiger charge is -2.24. The van der Waals surface area contributed by atoms with Crippen LogP contribution in [0.5, 0.6) is 0 Å². The van der Waals surface area contributed by atoms with Crippen molar-refractivity contribution in [1.29, 1.82) is 0 Å². The Morgan fingerprint density at radius 1 is 1.32 bits per heavy atom. The van der Waals surface area contributed by atoms with Gasteiger partial charge >= 0.3 is 0 Å². The van der Waals surface area contributed by atoms with Gasteiger partial charge in [-0.2, -0.15) is 0 Å². The van der Waals surface area contributed by atoms with E-state index < -0.39 is 11.9 Å². The topological polar surface area (TPSA) is 91.0 Å². The molecule has 4 N–H and O–H groups in total. The Labute approximate surface area is 167 Å². The largest absolute Gasteiger partial charge is 0.367 e. The van der Waals surface area contributed by atoms with Gasteiger partial charge in [-0.05, 0) is 39.2 Å². The molecule has 7 nitrogen and oxygen atoms in total. The molecule has 28 heavy (non-hydrogen) atoms. The number of halogens is 2. The summed E-state index contributed by atoms with van der Waals surface area (Å²) in [5, 5.41) is 12.8. The molecule has 4 rings (SSSR count). The van der Waals surface area contributed by atoms with Gasteiger partial charge in [-0.1, -0.05) is 11.6 Å². The van der Waals surface area contributed by atoms with Gasteiger partial charge in [0, 0.05) is 29.1 Å². The summed E-state index contributed by atoms with van der Waals surface area (Å²) < 4.78 is 14.4. The number of aromatic nitrogens is 2. The Balaban J connectivity index is 1.58. The van der Waals surface area contributed by atoms with Crippen LogP contribution in [0.25, 0.3) is 5.57 Å². The van der Waals surface area contributed by atoms with Gasteiger partial charge in [0.1, 0.15) is 12.2 Å². The number of hydrogen-bond acceptors (Lipinski definition) is 6. The SMILES string of the molecule is CC1(C)CCCC(Nc2nc(C3=CNC4NC=C(Cl)C=C34)ncc2F)C(=O)N1. The number of dihydropyridines is 1. The second-order valence-electron chi connectivity index (χ2n) is 7.81. The van der Waals surface area contributed by atoms with E-state index in [0.29, 0.717) is 17.3 Å². The molecule has 2 atom stereocenters. The number of nitrogens with one attached hydrogen (secondary N) is 4. The van der Waals surface area contributed by atoms with Gasteiger partial charge in [-0.3, -0.25) is 4.79 Å². The zero-order valence-corrected chi connectivity index (χ0v) is 16.4. The molecule has 4 heterocycles. The summed E-state index contributed by atoms with van der Waals surface area (Å²) in [6.07, 6.45) is 8.59. The van der Waals surface area contributed by atoms with Gasteiger partial charge in [0.05, 0.1) is 11.2 Å². The van der Waals surface area contributed by atoms with Gasteiger partial charge in [-0.15, -0.1) is 0 Å². The predicted molar refractivity (Wildman–Crippen MR) is 106 cm³/mol. The van der Waals surface area contributed by atoms with E-state index in [1.54, 1.807) is 12.4 Å². The molecule has 0 saturated carbocycles. The number of carbonyl (C=O) groups excluding carboxylic acids is 1. The normalized spacial score (nSPS) is 25.9. The van der Waals surface area contributed by atoms with Crippen molar-refractivity contribution in [1.82, 2.24) is 25.9 Å². The van der Waals surface area contributed by atoms with E-state index in [9.17, 15) is 9.18 Å². The van der Waals surface area contributed by atoms with Crippen molar-refractivity contribution in [2.45, 2.75) is 50.9 Å². The summed E-state index contributed by atoms with van der Waals surface area (Å²) in [5.74, 6) is -0.385. The Kier molecular flexibility index (Phi) is 4.74. The van der Waals surface area contributed by atoms with Gasteiger partial charge in [0.25, 0.3) is 0 Å². The quantitative estimate of drug-likeness (QED) is 0.618. The van der Waals surface area contributed by atoms with Crippen LogP contribution in [0.15, 0.2) is 35.3 Å². The molecule has 1 saturated heterocycles. The Morgan fingerprint density at radius 2 is 2.11 bits per heavy atom. The van der Waals surface area contributed by atoms with E-state index in [-0.39, 0.29) is 23.4 Å². The molecule has 1 fully saturated rings. The zero-order chi connectivity index (χ0) is 19.9. The molecule has 0 bridgehead atoms. The summed E-state index contributed by atoms with van der Waals surface area (Å²) in [6, 6.07) is -0.546. The van der Waals surface area contributed by atoms with Crippen LogP contribution in [-0.4, -0.2) is 33.6 Å². The molecule has 1 amide bonds. The van der Waals surface area contributed by atoms with E-state index in [1.165, 1.54) is 0 Å². The van der Waals surface area contributed by atoms with Crippen molar-refractivity contribution in [3.8, 4) is 0 Å². The lowest BCUT2D eigenvalue weighted by molar-refractivity contribution is -0.122. The summed E-state index contributed by atoms with van der Waals surface area (Å²) >= 11 is 6.09. The fraction of sp³-hybridized carbons (Fsp3) is 0.421. The van der Waals surface area contributed by atoms with E-state index >= 15 is 0 Å². The second-order valence-corrected chi connectivity index (χ2v) is 8.24.